The number of carbonyl (C=O) groups is 1. The Labute approximate surface area is 148 Å². The number of nitrogens with zero attached hydrogens (tertiary/aromatic N) is 3. The number of thiophene rings is 1. The summed E-state index contributed by atoms with van der Waals surface area (Å²) in [7, 11) is 0.141. The van der Waals surface area contributed by atoms with Gasteiger partial charge in [0.2, 0.25) is 0 Å². The topological polar surface area (TPSA) is 73.0 Å². The molecule has 9 heteroatoms. The second kappa shape index (κ2) is 8.28. The van der Waals surface area contributed by atoms with Gasteiger partial charge in [-0.2, -0.15) is 4.31 Å². The van der Waals surface area contributed by atoms with Crippen molar-refractivity contribution in [2.24, 2.45) is 0 Å². The molecule has 7 nitrogen and oxygen atoms in total. The number of likely N-dealkylation sites (N-methyl/N-ethyl adjacent to an activating group) is 2. The average Bonchev–Trinajstić information content (AvgIpc) is 3.25. The van der Waals surface area contributed by atoms with Crippen LogP contribution in [0.3, 0.4) is 0 Å². The number of amides is 2. The van der Waals surface area contributed by atoms with Gasteiger partial charge in [-0.05, 0) is 31.5 Å². The predicted molar refractivity (Wildman–Crippen MR) is 95.8 cm³/mol. The Balaban J connectivity index is 1.77. The largest absolute Gasteiger partial charge is 0.337 e. The molecule has 24 heavy (non-hydrogen) atoms. The summed E-state index contributed by atoms with van der Waals surface area (Å²) in [4.78, 5) is 16.2. The van der Waals surface area contributed by atoms with Crippen LogP contribution in [0.1, 0.15) is 13.3 Å². The van der Waals surface area contributed by atoms with Crippen LogP contribution in [0, 0.1) is 0 Å². The van der Waals surface area contributed by atoms with Crippen LogP contribution in [0.2, 0.25) is 0 Å². The first-order chi connectivity index (χ1) is 11.4. The third-order valence-corrected chi connectivity index (χ3v) is 7.67. The van der Waals surface area contributed by atoms with Gasteiger partial charge in [0.1, 0.15) is 4.21 Å². The van der Waals surface area contributed by atoms with E-state index in [1.54, 1.807) is 22.4 Å². The fraction of sp³-hybridized carbons (Fsp3) is 0.667. The second-order valence-corrected chi connectivity index (χ2v) is 9.17. The van der Waals surface area contributed by atoms with Gasteiger partial charge in [0.25, 0.3) is 10.0 Å². The molecule has 2 rings (SSSR count). The van der Waals surface area contributed by atoms with Gasteiger partial charge in [-0.15, -0.1) is 11.3 Å². The first-order valence-corrected chi connectivity index (χ1v) is 10.4. The van der Waals surface area contributed by atoms with Crippen LogP contribution in [0.25, 0.3) is 0 Å². The minimum Gasteiger partial charge on any atom is -0.337 e. The monoisotopic (exact) mass is 374 g/mol. The third kappa shape index (κ3) is 4.47. The molecule has 1 unspecified atom stereocenters. The number of carbonyl (C=O) groups excluding carboxylic acids is 1. The quantitative estimate of drug-likeness (QED) is 0.776. The molecule has 0 aromatic carbocycles. The number of hydrogen-bond acceptors (Lipinski definition) is 5. The molecule has 1 atom stereocenters. The zero-order chi connectivity index (χ0) is 17.7. The van der Waals surface area contributed by atoms with Crippen molar-refractivity contribution in [2.75, 3.05) is 46.8 Å². The fourth-order valence-corrected chi connectivity index (χ4v) is 5.03. The molecular weight excluding hydrogens is 348 g/mol. The van der Waals surface area contributed by atoms with Gasteiger partial charge in [0, 0.05) is 39.3 Å². The second-order valence-electron chi connectivity index (χ2n) is 5.95. The van der Waals surface area contributed by atoms with Crippen LogP contribution < -0.4 is 5.32 Å². The van der Waals surface area contributed by atoms with Gasteiger partial charge in [-0.25, -0.2) is 13.2 Å². The molecule has 136 valence electrons. The lowest BCUT2D eigenvalue weighted by molar-refractivity contribution is 0.200. The van der Waals surface area contributed by atoms with E-state index >= 15 is 0 Å². The van der Waals surface area contributed by atoms with E-state index < -0.39 is 10.0 Å². The zero-order valence-electron chi connectivity index (χ0n) is 14.4. The molecule has 1 aliphatic rings. The maximum Gasteiger partial charge on any atom is 0.317 e. The van der Waals surface area contributed by atoms with Crippen molar-refractivity contribution in [1.82, 2.24) is 19.4 Å². The van der Waals surface area contributed by atoms with E-state index in [0.29, 0.717) is 16.8 Å². The van der Waals surface area contributed by atoms with Gasteiger partial charge in [0.15, 0.2) is 0 Å². The highest BCUT2D eigenvalue weighted by molar-refractivity contribution is 7.91. The van der Waals surface area contributed by atoms with Crippen molar-refractivity contribution in [2.45, 2.75) is 23.6 Å². The molecule has 2 heterocycles. The van der Waals surface area contributed by atoms with Gasteiger partial charge in [0.05, 0.1) is 0 Å². The lowest BCUT2D eigenvalue weighted by Crippen LogP contribution is -2.43. The van der Waals surface area contributed by atoms with Crippen molar-refractivity contribution >= 4 is 27.4 Å². The van der Waals surface area contributed by atoms with E-state index in [0.717, 1.165) is 26.1 Å². The highest BCUT2D eigenvalue weighted by Gasteiger charge is 2.28. The highest BCUT2D eigenvalue weighted by Crippen LogP contribution is 2.19. The van der Waals surface area contributed by atoms with Gasteiger partial charge < -0.3 is 15.1 Å². The Morgan fingerprint density at radius 2 is 2.21 bits per heavy atom. The summed E-state index contributed by atoms with van der Waals surface area (Å²) in [6.07, 6.45) is 0.977. The van der Waals surface area contributed by atoms with Crippen molar-refractivity contribution in [1.29, 1.82) is 0 Å². The third-order valence-electron chi connectivity index (χ3n) is 4.44. The van der Waals surface area contributed by atoms with Crippen LogP contribution in [0.15, 0.2) is 21.7 Å². The van der Waals surface area contributed by atoms with E-state index in [2.05, 4.69) is 24.2 Å². The van der Waals surface area contributed by atoms with Gasteiger partial charge in [-0.3, -0.25) is 0 Å². The van der Waals surface area contributed by atoms with Crippen LogP contribution in [-0.2, 0) is 10.0 Å². The predicted octanol–water partition coefficient (Wildman–Crippen LogP) is 1.10. The van der Waals surface area contributed by atoms with E-state index in [-0.39, 0.29) is 12.6 Å². The number of urea groups is 1. The molecular formula is C15H26N4O3S2. The number of likely N-dealkylation sites (tertiary alicyclic amines) is 1. The van der Waals surface area contributed by atoms with Crippen molar-refractivity contribution < 1.29 is 13.2 Å². The van der Waals surface area contributed by atoms with Gasteiger partial charge in [-0.1, -0.05) is 13.0 Å². The van der Waals surface area contributed by atoms with Crippen LogP contribution in [0.4, 0.5) is 4.79 Å². The van der Waals surface area contributed by atoms with E-state index in [1.807, 2.05) is 0 Å². The SMILES string of the molecule is CCN(C)C1CCN(C(=O)NCCN(C)S(=O)(=O)c2cccs2)C1. The van der Waals surface area contributed by atoms with Crippen molar-refractivity contribution in [3.63, 3.8) is 0 Å². The normalized spacial score (nSPS) is 18.5. The Morgan fingerprint density at radius 1 is 1.46 bits per heavy atom. The lowest BCUT2D eigenvalue weighted by Gasteiger charge is -2.23. The Bertz CT molecular complexity index is 633. The van der Waals surface area contributed by atoms with E-state index in [9.17, 15) is 13.2 Å². The van der Waals surface area contributed by atoms with Gasteiger partial charge >= 0.3 is 6.03 Å². The van der Waals surface area contributed by atoms with E-state index in [1.165, 1.54) is 22.7 Å². The molecule has 1 N–H and O–H groups in total. The molecule has 0 radical (unpaired) electrons. The molecule has 0 spiro atoms. The summed E-state index contributed by atoms with van der Waals surface area (Å²) < 4.78 is 26.2. The summed E-state index contributed by atoms with van der Waals surface area (Å²) in [5.74, 6) is 0. The molecule has 0 bridgehead atoms. The minimum atomic E-state index is -3.46. The molecule has 0 saturated carbocycles. The average molecular weight is 375 g/mol. The number of hydrogen-bond donors (Lipinski definition) is 1. The zero-order valence-corrected chi connectivity index (χ0v) is 16.1. The minimum absolute atomic E-state index is 0.121. The van der Waals surface area contributed by atoms with Crippen LogP contribution in [0.5, 0.6) is 0 Å². The summed E-state index contributed by atoms with van der Waals surface area (Å²) in [6.45, 7) is 5.07. The standard InChI is InChI=1S/C15H26N4O3S2/c1-4-17(2)13-7-9-19(12-13)15(20)16-8-10-18(3)24(21,22)14-6-5-11-23-14/h5-6,11,13H,4,7-10,12H2,1-3H3,(H,16,20). The molecule has 2 amide bonds. The first kappa shape index (κ1) is 19.2. The maximum atomic E-state index is 12.3. The smallest absolute Gasteiger partial charge is 0.317 e. The molecule has 1 aromatic heterocycles. The Kier molecular flexibility index (Phi) is 6.62. The molecule has 1 aliphatic heterocycles. The number of rotatable bonds is 7. The molecule has 1 aromatic rings. The fourth-order valence-electron chi connectivity index (χ4n) is 2.66. The summed E-state index contributed by atoms with van der Waals surface area (Å²) in [6, 6.07) is 3.58. The number of sulfonamides is 1. The Morgan fingerprint density at radius 3 is 2.83 bits per heavy atom. The van der Waals surface area contributed by atoms with Crippen molar-refractivity contribution in [3.05, 3.63) is 17.5 Å². The van der Waals surface area contributed by atoms with Crippen molar-refractivity contribution in [3.8, 4) is 0 Å². The van der Waals surface area contributed by atoms with E-state index in [4.69, 9.17) is 0 Å². The highest BCUT2D eigenvalue weighted by atomic mass is 32.2. The lowest BCUT2D eigenvalue weighted by atomic mass is 10.2. The summed E-state index contributed by atoms with van der Waals surface area (Å²) >= 11 is 1.19. The molecule has 0 aliphatic carbocycles. The molecule has 1 fully saturated rings. The summed E-state index contributed by atoms with van der Waals surface area (Å²) in [5, 5.41) is 4.55. The Hall–Kier alpha value is -1.16. The first-order valence-electron chi connectivity index (χ1n) is 8.09. The van der Waals surface area contributed by atoms with Crippen LogP contribution in [-0.4, -0.2) is 81.4 Å². The molecule has 1 saturated heterocycles. The maximum absolute atomic E-state index is 12.3. The van der Waals surface area contributed by atoms with Crippen LogP contribution >= 0.6 is 11.3 Å². The number of nitrogens with one attached hydrogen (secondary N) is 1. The summed E-state index contributed by atoms with van der Waals surface area (Å²) in [5.41, 5.74) is 0.